The molecule has 1 aliphatic carbocycles. The van der Waals surface area contributed by atoms with Gasteiger partial charge in [0.05, 0.1) is 41.9 Å². The number of nitrogens with zero attached hydrogens (tertiary/aromatic N) is 9. The van der Waals surface area contributed by atoms with Gasteiger partial charge in [0, 0.05) is 23.8 Å². The van der Waals surface area contributed by atoms with Gasteiger partial charge in [0.1, 0.15) is 18.1 Å². The Kier molecular flexibility index (Phi) is 7.09. The molecule has 0 bridgehead atoms. The topological polar surface area (TPSA) is 115 Å². The molecule has 1 saturated carbocycles. The van der Waals surface area contributed by atoms with Gasteiger partial charge in [-0.3, -0.25) is 4.68 Å². The van der Waals surface area contributed by atoms with Crippen LogP contribution in [0.25, 0.3) is 28.2 Å². The van der Waals surface area contributed by atoms with E-state index in [-0.39, 0.29) is 12.3 Å². The maximum Gasteiger partial charge on any atom is 0.436 e. The van der Waals surface area contributed by atoms with Gasteiger partial charge >= 0.3 is 6.18 Å². The Labute approximate surface area is 242 Å². The average molecular weight is 600 g/mol. The van der Waals surface area contributed by atoms with Gasteiger partial charge in [0.2, 0.25) is 5.69 Å². The van der Waals surface area contributed by atoms with Gasteiger partial charge in [-0.05, 0) is 37.5 Å². The highest BCUT2D eigenvalue weighted by Gasteiger charge is 2.36. The van der Waals surface area contributed by atoms with E-state index in [1.54, 1.807) is 41.7 Å². The van der Waals surface area contributed by atoms with Gasteiger partial charge in [0.25, 0.3) is 0 Å². The van der Waals surface area contributed by atoms with Crippen molar-refractivity contribution in [3.8, 4) is 34.0 Å². The molecule has 0 amide bonds. The molecule has 11 nitrogen and oxygen atoms in total. The summed E-state index contributed by atoms with van der Waals surface area (Å²) in [5.74, 6) is 1.45. The second-order valence-electron chi connectivity index (χ2n) is 10.1. The van der Waals surface area contributed by atoms with Crippen LogP contribution in [-0.4, -0.2) is 46.1 Å². The van der Waals surface area contributed by atoms with Crippen molar-refractivity contribution in [2.75, 3.05) is 6.61 Å². The molecule has 1 aromatic carbocycles. The van der Waals surface area contributed by atoms with E-state index >= 15 is 0 Å². The van der Waals surface area contributed by atoms with Crippen LogP contribution in [-0.2, 0) is 13.2 Å². The van der Waals surface area contributed by atoms with Crippen LogP contribution in [0.5, 0.6) is 5.75 Å². The molecule has 0 radical (unpaired) electrons. The third-order valence-corrected chi connectivity index (χ3v) is 7.34. The fourth-order valence-electron chi connectivity index (χ4n) is 4.90. The van der Waals surface area contributed by atoms with E-state index in [4.69, 9.17) is 16.3 Å². The first-order chi connectivity index (χ1) is 20.1. The molecule has 1 aliphatic rings. The summed E-state index contributed by atoms with van der Waals surface area (Å²) >= 11 is 6.31. The lowest BCUT2D eigenvalue weighted by atomic mass is 10.0. The number of hydrogen-bond acceptors (Lipinski definition) is 7. The van der Waals surface area contributed by atoms with Crippen molar-refractivity contribution < 1.29 is 22.6 Å². The van der Waals surface area contributed by atoms with Crippen LogP contribution >= 0.6 is 11.6 Å². The number of aromatic nitrogens is 9. The molecule has 1 atom stereocenters. The van der Waals surface area contributed by atoms with Crippen molar-refractivity contribution >= 4 is 11.6 Å². The van der Waals surface area contributed by atoms with Crippen LogP contribution in [0.15, 0.2) is 55.4 Å². The summed E-state index contributed by atoms with van der Waals surface area (Å²) in [6.45, 7) is 2.08. The highest BCUT2D eigenvalue weighted by Crippen LogP contribution is 2.41. The van der Waals surface area contributed by atoms with Crippen LogP contribution in [0, 0.1) is 11.1 Å². The molecular formula is C27H25ClF3N9O2. The number of rotatable bonds is 9. The number of halogens is 4. The molecule has 0 unspecified atom stereocenters. The zero-order valence-electron chi connectivity index (χ0n) is 22.5. The summed E-state index contributed by atoms with van der Waals surface area (Å²) in [6, 6.07) is 5.84. The minimum absolute atomic E-state index is 0.242. The first-order valence-corrected chi connectivity index (χ1v) is 13.6. The molecule has 0 aliphatic heterocycles. The standard InChI is InChI=1S/C27H25ClF3N9O2/c1-3-42-24-10-23(22(8-16-4-5-16)38-12-17(11-33-38)26-32-15-34-37(26)2)40(41)13-20(24)19-9-18(28)6-7-21(19)39-14-25(35-36-39)27(29,30)31/h6-7,9-16,22H,3-5,8H2,1-2H3/t22-/m0/s1. The minimum atomic E-state index is -4.67. The third-order valence-electron chi connectivity index (χ3n) is 7.11. The SMILES string of the molecule is CCOc1cc([C@H](CC2CC2)n2cc(-c3ncnn3C)cn2)[n+]([O-])cc1-c1cc(Cl)ccc1-n1cc(C(F)(F)F)nn1. The van der Waals surface area contributed by atoms with Gasteiger partial charge in [-0.25, -0.2) is 14.3 Å². The molecule has 5 aromatic rings. The monoisotopic (exact) mass is 599 g/mol. The zero-order chi connectivity index (χ0) is 29.6. The van der Waals surface area contributed by atoms with Crippen molar-refractivity contribution in [3.05, 3.63) is 77.0 Å². The summed E-state index contributed by atoms with van der Waals surface area (Å²) in [4.78, 5) is 4.29. The molecule has 0 spiro atoms. The number of benzene rings is 1. The first-order valence-electron chi connectivity index (χ1n) is 13.2. The van der Waals surface area contributed by atoms with E-state index in [0.29, 0.717) is 45.8 Å². The highest BCUT2D eigenvalue weighted by atomic mass is 35.5. The number of pyridine rings is 1. The average Bonchev–Trinajstić information content (AvgIpc) is 3.31. The van der Waals surface area contributed by atoms with Crippen molar-refractivity contribution in [1.82, 2.24) is 39.5 Å². The van der Waals surface area contributed by atoms with Gasteiger partial charge in [-0.2, -0.15) is 28.1 Å². The maximum absolute atomic E-state index is 13.7. The Morgan fingerprint density at radius 1 is 1.17 bits per heavy atom. The summed E-state index contributed by atoms with van der Waals surface area (Å²) in [5, 5.41) is 29.7. The Morgan fingerprint density at radius 2 is 1.98 bits per heavy atom. The number of hydrogen-bond donors (Lipinski definition) is 0. The fraction of sp³-hybridized carbons (Fsp3) is 0.333. The van der Waals surface area contributed by atoms with Gasteiger partial charge < -0.3 is 9.94 Å². The summed E-state index contributed by atoms with van der Waals surface area (Å²) in [7, 11) is 1.79. The molecule has 4 heterocycles. The molecule has 15 heteroatoms. The smallest absolute Gasteiger partial charge is 0.436 e. The molecule has 0 N–H and O–H groups in total. The molecular weight excluding hydrogens is 575 g/mol. The van der Waals surface area contributed by atoms with E-state index in [1.807, 2.05) is 6.20 Å². The molecule has 1 fully saturated rings. The van der Waals surface area contributed by atoms with Crippen LogP contribution in [0.3, 0.4) is 0 Å². The highest BCUT2D eigenvalue weighted by molar-refractivity contribution is 6.31. The van der Waals surface area contributed by atoms with Gasteiger partial charge in [0.15, 0.2) is 17.7 Å². The lowest BCUT2D eigenvalue weighted by Crippen LogP contribution is -2.36. The van der Waals surface area contributed by atoms with Crippen LogP contribution < -0.4 is 9.47 Å². The maximum atomic E-state index is 13.7. The quantitative estimate of drug-likeness (QED) is 0.173. The lowest BCUT2D eigenvalue weighted by Gasteiger charge is -2.20. The van der Waals surface area contributed by atoms with Gasteiger partial charge in [-0.15, -0.1) is 5.10 Å². The lowest BCUT2D eigenvalue weighted by molar-refractivity contribution is -0.615. The van der Waals surface area contributed by atoms with E-state index in [0.717, 1.165) is 34.0 Å². The van der Waals surface area contributed by atoms with Crippen LogP contribution in [0.2, 0.25) is 5.02 Å². The minimum Gasteiger partial charge on any atom is -0.618 e. The van der Waals surface area contributed by atoms with Crippen molar-refractivity contribution in [1.29, 1.82) is 0 Å². The van der Waals surface area contributed by atoms with E-state index in [2.05, 4.69) is 25.5 Å². The van der Waals surface area contributed by atoms with E-state index in [1.165, 1.54) is 24.7 Å². The summed E-state index contributed by atoms with van der Waals surface area (Å²) in [6.07, 6.45) is 5.26. The van der Waals surface area contributed by atoms with Crippen LogP contribution in [0.4, 0.5) is 13.2 Å². The van der Waals surface area contributed by atoms with Crippen LogP contribution in [0.1, 0.15) is 43.6 Å². The van der Waals surface area contributed by atoms with Gasteiger partial charge in [-0.1, -0.05) is 29.7 Å². The number of ether oxygens (including phenoxy) is 1. The normalized spacial score (nSPS) is 14.3. The zero-order valence-corrected chi connectivity index (χ0v) is 23.3. The van der Waals surface area contributed by atoms with Crippen molar-refractivity contribution in [2.45, 2.75) is 38.4 Å². The predicted octanol–water partition coefficient (Wildman–Crippen LogP) is 5.02. The van der Waals surface area contributed by atoms with E-state index < -0.39 is 17.9 Å². The Morgan fingerprint density at radius 3 is 2.64 bits per heavy atom. The Bertz CT molecular complexity index is 1740. The first kappa shape index (κ1) is 27.7. The second kappa shape index (κ2) is 10.7. The fourth-order valence-corrected chi connectivity index (χ4v) is 5.07. The molecule has 218 valence electrons. The molecule has 0 saturated heterocycles. The second-order valence-corrected chi connectivity index (χ2v) is 10.5. The molecule has 42 heavy (non-hydrogen) atoms. The molecule has 4 aromatic heterocycles. The van der Waals surface area contributed by atoms with Crippen molar-refractivity contribution in [2.24, 2.45) is 13.0 Å². The third kappa shape index (κ3) is 5.41. The van der Waals surface area contributed by atoms with E-state index in [9.17, 15) is 18.4 Å². The van der Waals surface area contributed by atoms with Crippen molar-refractivity contribution in [3.63, 3.8) is 0 Å². The predicted molar refractivity (Wildman–Crippen MR) is 145 cm³/mol. The largest absolute Gasteiger partial charge is 0.618 e. The summed E-state index contributed by atoms with van der Waals surface area (Å²) < 4.78 is 50.9. The Balaban J connectivity index is 1.45. The number of alkyl halides is 3. The number of aryl methyl sites for hydroxylation is 1. The molecule has 6 rings (SSSR count). The Hall–Kier alpha value is -4.46. The summed E-state index contributed by atoms with van der Waals surface area (Å²) in [5.41, 5.74) is 0.942.